The van der Waals surface area contributed by atoms with Crippen molar-refractivity contribution in [2.24, 2.45) is 0 Å². The van der Waals surface area contributed by atoms with E-state index in [1.807, 2.05) is 0 Å². The Morgan fingerprint density at radius 2 is 2.10 bits per heavy atom. The number of hydrogen-bond acceptors (Lipinski definition) is 2. The predicted octanol–water partition coefficient (Wildman–Crippen LogP) is 0.306. The van der Waals surface area contributed by atoms with Gasteiger partial charge in [-0.1, -0.05) is 6.92 Å². The SMILES string of the molecule is [CH2]CCNC(=O)CC(C)=O. The van der Waals surface area contributed by atoms with E-state index in [2.05, 4.69) is 12.2 Å². The Bertz CT molecular complexity index is 132. The third kappa shape index (κ3) is 5.28. The second kappa shape index (κ2) is 4.97. The number of nitrogens with one attached hydrogen (secondary N) is 1. The first-order chi connectivity index (χ1) is 4.66. The van der Waals surface area contributed by atoms with Gasteiger partial charge in [-0.2, -0.15) is 0 Å². The van der Waals surface area contributed by atoms with Crippen LogP contribution in [0, 0.1) is 6.92 Å². The second-order valence-electron chi connectivity index (χ2n) is 2.08. The zero-order valence-electron chi connectivity index (χ0n) is 6.14. The van der Waals surface area contributed by atoms with Gasteiger partial charge in [-0.25, -0.2) is 0 Å². The fraction of sp³-hybridized carbons (Fsp3) is 0.571. The molecule has 0 bridgehead atoms. The number of amides is 1. The normalized spacial score (nSPS) is 9.00. The molecule has 0 unspecified atom stereocenters. The molecule has 0 heterocycles. The summed E-state index contributed by atoms with van der Waals surface area (Å²) >= 11 is 0. The Morgan fingerprint density at radius 1 is 1.50 bits per heavy atom. The van der Waals surface area contributed by atoms with Crippen LogP contribution >= 0.6 is 0 Å². The van der Waals surface area contributed by atoms with Crippen molar-refractivity contribution in [2.45, 2.75) is 19.8 Å². The zero-order chi connectivity index (χ0) is 7.98. The molecule has 1 amide bonds. The van der Waals surface area contributed by atoms with Gasteiger partial charge in [0, 0.05) is 6.54 Å². The van der Waals surface area contributed by atoms with Gasteiger partial charge in [-0.05, 0) is 13.3 Å². The van der Waals surface area contributed by atoms with Crippen molar-refractivity contribution in [2.75, 3.05) is 6.54 Å². The molecule has 0 fully saturated rings. The van der Waals surface area contributed by atoms with Crippen molar-refractivity contribution in [1.29, 1.82) is 0 Å². The van der Waals surface area contributed by atoms with Crippen molar-refractivity contribution < 1.29 is 9.59 Å². The summed E-state index contributed by atoms with van der Waals surface area (Å²) in [5, 5.41) is 2.54. The summed E-state index contributed by atoms with van der Waals surface area (Å²) in [5.74, 6) is -0.322. The number of ketones is 1. The zero-order valence-corrected chi connectivity index (χ0v) is 6.14. The van der Waals surface area contributed by atoms with Crippen LogP contribution in [0.1, 0.15) is 19.8 Å². The predicted molar refractivity (Wildman–Crippen MR) is 38.3 cm³/mol. The van der Waals surface area contributed by atoms with Crippen LogP contribution in [-0.4, -0.2) is 18.2 Å². The monoisotopic (exact) mass is 142 g/mol. The van der Waals surface area contributed by atoms with E-state index in [-0.39, 0.29) is 18.1 Å². The lowest BCUT2D eigenvalue weighted by atomic mass is 10.3. The van der Waals surface area contributed by atoms with Gasteiger partial charge >= 0.3 is 0 Å². The lowest BCUT2D eigenvalue weighted by Gasteiger charge is -1.98. The van der Waals surface area contributed by atoms with Crippen molar-refractivity contribution >= 4 is 11.7 Å². The average molecular weight is 142 g/mol. The molecule has 0 spiro atoms. The smallest absolute Gasteiger partial charge is 0.227 e. The highest BCUT2D eigenvalue weighted by atomic mass is 16.2. The molecule has 1 radical (unpaired) electrons. The van der Waals surface area contributed by atoms with E-state index in [0.717, 1.165) is 0 Å². The van der Waals surface area contributed by atoms with Gasteiger partial charge < -0.3 is 5.32 Å². The van der Waals surface area contributed by atoms with E-state index < -0.39 is 0 Å². The Morgan fingerprint density at radius 3 is 2.50 bits per heavy atom. The van der Waals surface area contributed by atoms with E-state index in [4.69, 9.17) is 0 Å². The standard InChI is InChI=1S/C7H12NO2/c1-3-4-8-7(10)5-6(2)9/h1,3-5H2,2H3,(H,8,10). The number of carbonyl (C=O) groups excluding carboxylic acids is 2. The third-order valence-corrected chi connectivity index (χ3v) is 0.908. The number of carbonyl (C=O) groups is 2. The minimum absolute atomic E-state index is 0.0139. The first kappa shape index (κ1) is 9.14. The number of rotatable bonds is 4. The van der Waals surface area contributed by atoms with Gasteiger partial charge in [0.25, 0.3) is 0 Å². The Hall–Kier alpha value is -0.860. The molecule has 0 saturated carbocycles. The van der Waals surface area contributed by atoms with Gasteiger partial charge in [-0.3, -0.25) is 9.59 Å². The Balaban J connectivity index is 3.35. The maximum Gasteiger partial charge on any atom is 0.227 e. The molecule has 0 rings (SSSR count). The van der Waals surface area contributed by atoms with E-state index in [1.54, 1.807) is 0 Å². The van der Waals surface area contributed by atoms with Crippen LogP contribution in [0.3, 0.4) is 0 Å². The molecule has 0 atom stereocenters. The molecule has 0 aliphatic rings. The van der Waals surface area contributed by atoms with Gasteiger partial charge in [0.05, 0.1) is 6.42 Å². The Kier molecular flexibility index (Phi) is 4.54. The average Bonchev–Trinajstić information content (AvgIpc) is 1.82. The van der Waals surface area contributed by atoms with E-state index in [1.165, 1.54) is 6.92 Å². The highest BCUT2D eigenvalue weighted by Gasteiger charge is 2.01. The number of Topliss-reactive ketones (excluding diaryl/α,β-unsaturated/α-hetero) is 1. The van der Waals surface area contributed by atoms with Crippen LogP contribution in [0.25, 0.3) is 0 Å². The van der Waals surface area contributed by atoms with E-state index in [9.17, 15) is 9.59 Å². The summed E-state index contributed by atoms with van der Waals surface area (Å²) < 4.78 is 0. The van der Waals surface area contributed by atoms with Crippen molar-refractivity contribution in [3.8, 4) is 0 Å². The molecule has 3 nitrogen and oxygen atoms in total. The fourth-order valence-corrected chi connectivity index (χ4v) is 0.516. The maximum atomic E-state index is 10.7. The molecule has 10 heavy (non-hydrogen) atoms. The summed E-state index contributed by atoms with van der Waals surface area (Å²) in [6.45, 7) is 5.48. The molecule has 1 N–H and O–H groups in total. The van der Waals surface area contributed by atoms with E-state index >= 15 is 0 Å². The molecule has 0 aromatic carbocycles. The highest BCUT2D eigenvalue weighted by Crippen LogP contribution is 1.81. The first-order valence-electron chi connectivity index (χ1n) is 3.22. The minimum Gasteiger partial charge on any atom is -0.356 e. The summed E-state index contributed by atoms with van der Waals surface area (Å²) in [6, 6.07) is 0. The third-order valence-electron chi connectivity index (χ3n) is 0.908. The van der Waals surface area contributed by atoms with Crippen molar-refractivity contribution in [3.05, 3.63) is 6.92 Å². The van der Waals surface area contributed by atoms with Crippen molar-refractivity contribution in [1.82, 2.24) is 5.32 Å². The summed E-state index contributed by atoms with van der Waals surface area (Å²) in [5.41, 5.74) is 0. The highest BCUT2D eigenvalue weighted by molar-refractivity contribution is 5.96. The fourth-order valence-electron chi connectivity index (χ4n) is 0.516. The van der Waals surface area contributed by atoms with Crippen LogP contribution in [0.15, 0.2) is 0 Å². The summed E-state index contributed by atoms with van der Waals surface area (Å²) in [4.78, 5) is 21.0. The topological polar surface area (TPSA) is 46.2 Å². The Labute approximate surface area is 60.8 Å². The van der Waals surface area contributed by atoms with Gasteiger partial charge in [0.1, 0.15) is 5.78 Å². The molecular formula is C7H12NO2. The molecule has 3 heteroatoms. The van der Waals surface area contributed by atoms with Crippen LogP contribution in [-0.2, 0) is 9.59 Å². The lowest BCUT2D eigenvalue weighted by molar-refractivity contribution is -0.127. The molecule has 57 valence electrons. The largest absolute Gasteiger partial charge is 0.356 e. The van der Waals surface area contributed by atoms with Crippen LogP contribution in [0.5, 0.6) is 0 Å². The molecule has 0 aromatic rings. The van der Waals surface area contributed by atoms with Gasteiger partial charge in [0.15, 0.2) is 0 Å². The molecule has 0 aliphatic heterocycles. The molecule has 0 aromatic heterocycles. The maximum absolute atomic E-state index is 10.7. The summed E-state index contributed by atoms with van der Waals surface area (Å²) in [7, 11) is 0. The first-order valence-corrected chi connectivity index (χ1v) is 3.22. The van der Waals surface area contributed by atoms with Crippen LogP contribution in [0.4, 0.5) is 0 Å². The van der Waals surface area contributed by atoms with Crippen LogP contribution < -0.4 is 5.32 Å². The van der Waals surface area contributed by atoms with Gasteiger partial charge in [-0.15, -0.1) is 0 Å². The van der Waals surface area contributed by atoms with E-state index in [0.29, 0.717) is 13.0 Å². The summed E-state index contributed by atoms with van der Waals surface area (Å²) in [6.07, 6.45) is 0.643. The molecule has 0 saturated heterocycles. The van der Waals surface area contributed by atoms with Crippen molar-refractivity contribution in [3.63, 3.8) is 0 Å². The lowest BCUT2D eigenvalue weighted by Crippen LogP contribution is -2.25. The minimum atomic E-state index is -0.212. The van der Waals surface area contributed by atoms with Crippen LogP contribution in [0.2, 0.25) is 0 Å². The van der Waals surface area contributed by atoms with Gasteiger partial charge in [0.2, 0.25) is 5.91 Å². The second-order valence-corrected chi connectivity index (χ2v) is 2.08. The molecular weight excluding hydrogens is 130 g/mol. The number of hydrogen-bond donors (Lipinski definition) is 1. The quantitative estimate of drug-likeness (QED) is 0.574. The molecule has 0 aliphatic carbocycles.